The number of hydrogen-bond acceptors (Lipinski definition) is 2. The Labute approximate surface area is 125 Å². The molecule has 0 amide bonds. The normalized spacial score (nSPS) is 10.7. The molecule has 0 aliphatic heterocycles. The van der Waals surface area contributed by atoms with Gasteiger partial charge in [-0.25, -0.2) is 0 Å². The van der Waals surface area contributed by atoms with Crippen molar-refractivity contribution in [1.82, 2.24) is 0 Å². The number of ketones is 1. The minimum absolute atomic E-state index is 0.0325. The Balaban J connectivity index is 2.10. The minimum atomic E-state index is -0.0325. The highest BCUT2D eigenvalue weighted by Crippen LogP contribution is 2.24. The summed E-state index contributed by atoms with van der Waals surface area (Å²) >= 11 is 3.40. The molecule has 0 saturated heterocycles. The van der Waals surface area contributed by atoms with Crippen LogP contribution >= 0.6 is 15.9 Å². The van der Waals surface area contributed by atoms with Crippen LogP contribution in [0.15, 0.2) is 65.1 Å². The van der Waals surface area contributed by atoms with E-state index in [0.717, 1.165) is 15.2 Å². The van der Waals surface area contributed by atoms with Crippen molar-refractivity contribution in [2.75, 3.05) is 5.73 Å². The molecule has 0 radical (unpaired) electrons. The molecule has 0 aromatic heterocycles. The number of carbonyl (C=O) groups is 1. The first-order valence-electron chi connectivity index (χ1n) is 6.24. The highest BCUT2D eigenvalue weighted by Gasteiger charge is 2.13. The number of carbonyl (C=O) groups excluding carboxylic acids is 1. The van der Waals surface area contributed by atoms with Crippen LogP contribution in [0.5, 0.6) is 0 Å². The molecule has 0 heterocycles. The van der Waals surface area contributed by atoms with Crippen LogP contribution in [0.3, 0.4) is 0 Å². The Morgan fingerprint density at radius 1 is 0.900 bits per heavy atom. The summed E-state index contributed by atoms with van der Waals surface area (Å²) in [5.74, 6) is -0.0325. The number of halogens is 1. The van der Waals surface area contributed by atoms with Gasteiger partial charge in [-0.15, -0.1) is 0 Å². The third kappa shape index (κ3) is 2.32. The molecule has 2 nitrogen and oxygen atoms in total. The van der Waals surface area contributed by atoms with E-state index in [0.29, 0.717) is 16.8 Å². The zero-order valence-electron chi connectivity index (χ0n) is 10.6. The van der Waals surface area contributed by atoms with Crippen molar-refractivity contribution in [2.45, 2.75) is 0 Å². The van der Waals surface area contributed by atoms with E-state index in [2.05, 4.69) is 15.9 Å². The average molecular weight is 326 g/mol. The van der Waals surface area contributed by atoms with Gasteiger partial charge in [-0.2, -0.15) is 0 Å². The van der Waals surface area contributed by atoms with Crippen molar-refractivity contribution in [3.63, 3.8) is 0 Å². The second-order valence-corrected chi connectivity index (χ2v) is 5.48. The lowest BCUT2D eigenvalue weighted by atomic mass is 10.00. The molecule has 98 valence electrons. The Kier molecular flexibility index (Phi) is 3.28. The highest BCUT2D eigenvalue weighted by molar-refractivity contribution is 9.10. The van der Waals surface area contributed by atoms with Crippen molar-refractivity contribution in [3.8, 4) is 0 Å². The fourth-order valence-electron chi connectivity index (χ4n) is 2.20. The predicted octanol–water partition coefficient (Wildman–Crippen LogP) is 4.42. The number of anilines is 1. The molecule has 2 N–H and O–H groups in total. The summed E-state index contributed by atoms with van der Waals surface area (Å²) < 4.78 is 0.754. The quantitative estimate of drug-likeness (QED) is 0.560. The Bertz CT molecular complexity index is 811. The molecular formula is C17H12BrNO. The number of benzene rings is 3. The van der Waals surface area contributed by atoms with Crippen LogP contribution in [0.25, 0.3) is 10.8 Å². The summed E-state index contributed by atoms with van der Waals surface area (Å²) in [6.45, 7) is 0. The maximum atomic E-state index is 12.6. The zero-order chi connectivity index (χ0) is 14.1. The first-order valence-corrected chi connectivity index (χ1v) is 7.03. The highest BCUT2D eigenvalue weighted by atomic mass is 79.9. The molecule has 0 unspecified atom stereocenters. The number of nitrogen functional groups attached to an aromatic ring is 1. The largest absolute Gasteiger partial charge is 0.399 e. The fraction of sp³-hybridized carbons (Fsp3) is 0. The Morgan fingerprint density at radius 2 is 1.65 bits per heavy atom. The van der Waals surface area contributed by atoms with E-state index in [-0.39, 0.29) is 5.78 Å². The van der Waals surface area contributed by atoms with Crippen LogP contribution < -0.4 is 5.73 Å². The second kappa shape index (κ2) is 5.10. The molecule has 0 aliphatic rings. The summed E-state index contributed by atoms with van der Waals surface area (Å²) in [5.41, 5.74) is 7.59. The Hall–Kier alpha value is -2.13. The smallest absolute Gasteiger partial charge is 0.194 e. The van der Waals surface area contributed by atoms with Gasteiger partial charge in [-0.05, 0) is 35.0 Å². The van der Waals surface area contributed by atoms with E-state index >= 15 is 0 Å². The summed E-state index contributed by atoms with van der Waals surface area (Å²) in [4.78, 5) is 12.6. The predicted molar refractivity (Wildman–Crippen MR) is 85.9 cm³/mol. The topological polar surface area (TPSA) is 43.1 Å². The van der Waals surface area contributed by atoms with E-state index in [1.165, 1.54) is 0 Å². The van der Waals surface area contributed by atoms with Crippen LogP contribution in [0.4, 0.5) is 5.69 Å². The maximum Gasteiger partial charge on any atom is 0.194 e. The molecule has 0 saturated carbocycles. The SMILES string of the molecule is Nc1ccc(Br)c(C(=O)c2ccc3ccccc3c2)c1. The van der Waals surface area contributed by atoms with Crippen molar-refractivity contribution in [1.29, 1.82) is 0 Å². The number of hydrogen-bond donors (Lipinski definition) is 1. The van der Waals surface area contributed by atoms with Gasteiger partial charge >= 0.3 is 0 Å². The van der Waals surface area contributed by atoms with Gasteiger partial charge in [0.2, 0.25) is 0 Å². The number of nitrogens with two attached hydrogens (primary N) is 1. The fourth-order valence-corrected chi connectivity index (χ4v) is 2.63. The lowest BCUT2D eigenvalue weighted by Crippen LogP contribution is -2.03. The van der Waals surface area contributed by atoms with Crippen molar-refractivity contribution >= 4 is 38.2 Å². The number of rotatable bonds is 2. The molecule has 0 spiro atoms. The minimum Gasteiger partial charge on any atom is -0.399 e. The first kappa shape index (κ1) is 12.9. The van der Waals surface area contributed by atoms with Gasteiger partial charge in [0.1, 0.15) is 0 Å². The zero-order valence-corrected chi connectivity index (χ0v) is 12.2. The molecule has 20 heavy (non-hydrogen) atoms. The van der Waals surface area contributed by atoms with Gasteiger partial charge < -0.3 is 5.73 Å². The van der Waals surface area contributed by atoms with Gasteiger partial charge in [-0.3, -0.25) is 4.79 Å². The van der Waals surface area contributed by atoms with E-state index in [9.17, 15) is 4.79 Å². The maximum absolute atomic E-state index is 12.6. The van der Waals surface area contributed by atoms with Gasteiger partial charge in [0, 0.05) is 21.3 Å². The lowest BCUT2D eigenvalue weighted by molar-refractivity contribution is 0.103. The van der Waals surface area contributed by atoms with Crippen LogP contribution in [0.1, 0.15) is 15.9 Å². The van der Waals surface area contributed by atoms with Crippen LogP contribution in [0, 0.1) is 0 Å². The van der Waals surface area contributed by atoms with Gasteiger partial charge in [0.15, 0.2) is 5.78 Å². The molecule has 3 heteroatoms. The summed E-state index contributed by atoms with van der Waals surface area (Å²) in [7, 11) is 0. The average Bonchev–Trinajstić information content (AvgIpc) is 2.48. The molecule has 3 aromatic rings. The van der Waals surface area contributed by atoms with E-state index < -0.39 is 0 Å². The summed E-state index contributed by atoms with van der Waals surface area (Å²) in [6.07, 6.45) is 0. The van der Waals surface area contributed by atoms with Crippen molar-refractivity contribution in [3.05, 3.63) is 76.3 Å². The summed E-state index contributed by atoms with van der Waals surface area (Å²) in [6, 6.07) is 19.0. The number of fused-ring (bicyclic) bond motifs is 1. The third-order valence-corrected chi connectivity index (χ3v) is 3.94. The van der Waals surface area contributed by atoms with Gasteiger partial charge in [0.25, 0.3) is 0 Å². The van der Waals surface area contributed by atoms with E-state index in [4.69, 9.17) is 5.73 Å². The molecule has 0 atom stereocenters. The van der Waals surface area contributed by atoms with Crippen LogP contribution in [-0.2, 0) is 0 Å². The second-order valence-electron chi connectivity index (χ2n) is 4.63. The Morgan fingerprint density at radius 3 is 2.45 bits per heavy atom. The van der Waals surface area contributed by atoms with E-state index in [1.54, 1.807) is 18.2 Å². The molecule has 3 aromatic carbocycles. The lowest BCUT2D eigenvalue weighted by Gasteiger charge is -2.06. The summed E-state index contributed by atoms with van der Waals surface area (Å²) in [5, 5.41) is 2.18. The third-order valence-electron chi connectivity index (χ3n) is 3.25. The molecule has 0 bridgehead atoms. The molecule has 0 fully saturated rings. The van der Waals surface area contributed by atoms with Gasteiger partial charge in [-0.1, -0.05) is 52.3 Å². The van der Waals surface area contributed by atoms with E-state index in [1.807, 2.05) is 42.5 Å². The standard InChI is InChI=1S/C17H12BrNO/c18-16-8-7-14(19)10-15(16)17(20)13-6-5-11-3-1-2-4-12(11)9-13/h1-10H,19H2. The molecular weight excluding hydrogens is 314 g/mol. The monoisotopic (exact) mass is 325 g/mol. The molecule has 0 aliphatic carbocycles. The van der Waals surface area contributed by atoms with Crippen LogP contribution in [-0.4, -0.2) is 5.78 Å². The van der Waals surface area contributed by atoms with Crippen LogP contribution in [0.2, 0.25) is 0 Å². The van der Waals surface area contributed by atoms with Gasteiger partial charge in [0.05, 0.1) is 0 Å². The van der Waals surface area contributed by atoms with Crippen molar-refractivity contribution < 1.29 is 4.79 Å². The molecule has 3 rings (SSSR count). The first-order chi connectivity index (χ1) is 9.65. The van der Waals surface area contributed by atoms with Crippen molar-refractivity contribution in [2.24, 2.45) is 0 Å².